The fraction of sp³-hybridized carbons (Fsp3) is 0.889. The highest BCUT2D eigenvalue weighted by Crippen LogP contribution is 2.37. The smallest absolute Gasteiger partial charge is 0.390 e. The summed E-state index contributed by atoms with van der Waals surface area (Å²) in [7, 11) is 0. The Morgan fingerprint density at radius 3 is 1.94 bits per heavy atom. The highest BCUT2D eigenvalue weighted by molar-refractivity contribution is 5.84. The van der Waals surface area contributed by atoms with Gasteiger partial charge >= 0.3 is 18.0 Å². The molecule has 17 heavy (non-hydrogen) atoms. The molecule has 1 fully saturated rings. The second-order valence-corrected chi connectivity index (χ2v) is 4.36. The van der Waals surface area contributed by atoms with Gasteiger partial charge in [0.2, 0.25) is 0 Å². The Morgan fingerprint density at radius 1 is 1.18 bits per heavy atom. The van der Waals surface area contributed by atoms with Crippen LogP contribution in [0, 0.1) is 0 Å². The van der Waals surface area contributed by atoms with Gasteiger partial charge in [-0.2, -0.15) is 22.0 Å². The summed E-state index contributed by atoms with van der Waals surface area (Å²) in [5.74, 6) is -7.61. The number of piperidine rings is 1. The van der Waals surface area contributed by atoms with Crippen molar-refractivity contribution in [2.45, 2.75) is 37.5 Å². The number of alkyl halides is 5. The van der Waals surface area contributed by atoms with E-state index in [1.807, 2.05) is 0 Å². The lowest BCUT2D eigenvalue weighted by atomic mass is 9.93. The molecule has 100 valence electrons. The second-order valence-electron chi connectivity index (χ2n) is 4.36. The molecule has 0 atom stereocenters. The van der Waals surface area contributed by atoms with E-state index in [1.165, 1.54) is 6.92 Å². The van der Waals surface area contributed by atoms with Gasteiger partial charge in [0.15, 0.2) is 0 Å². The minimum Gasteiger partial charge on any atom is -0.390 e. The van der Waals surface area contributed by atoms with Gasteiger partial charge < -0.3 is 10.0 Å². The third kappa shape index (κ3) is 2.85. The third-order valence-corrected chi connectivity index (χ3v) is 2.75. The van der Waals surface area contributed by atoms with E-state index in [0.717, 1.165) is 0 Å². The summed E-state index contributed by atoms with van der Waals surface area (Å²) in [6.45, 7) is 0.825. The number of carbonyl (C=O) groups excluding carboxylic acids is 1. The highest BCUT2D eigenvalue weighted by atomic mass is 19.4. The van der Waals surface area contributed by atoms with E-state index in [2.05, 4.69) is 0 Å². The largest absolute Gasteiger partial charge is 0.463 e. The summed E-state index contributed by atoms with van der Waals surface area (Å²) in [5.41, 5.74) is -1.12. The van der Waals surface area contributed by atoms with Crippen LogP contribution in [0.15, 0.2) is 0 Å². The standard InChI is InChI=1S/C9H12F5NO2/c1-7(17)2-4-15(5-3-7)6(16)8(10,11)9(12,13)14/h17H,2-5H2,1H3. The van der Waals surface area contributed by atoms with Gasteiger partial charge in [0.1, 0.15) is 0 Å². The predicted octanol–water partition coefficient (Wildman–Crippen LogP) is 1.56. The van der Waals surface area contributed by atoms with Gasteiger partial charge in [-0.3, -0.25) is 4.79 Å². The van der Waals surface area contributed by atoms with Crippen LogP contribution in [-0.2, 0) is 4.79 Å². The molecule has 0 aliphatic carbocycles. The topological polar surface area (TPSA) is 40.5 Å². The van der Waals surface area contributed by atoms with Crippen molar-refractivity contribution in [3.63, 3.8) is 0 Å². The molecular formula is C9H12F5NO2. The Balaban J connectivity index is 2.73. The number of halogens is 5. The fourth-order valence-corrected chi connectivity index (χ4v) is 1.51. The predicted molar refractivity (Wildman–Crippen MR) is 47.4 cm³/mol. The number of hydrogen-bond donors (Lipinski definition) is 1. The zero-order valence-corrected chi connectivity index (χ0v) is 9.02. The lowest BCUT2D eigenvalue weighted by Gasteiger charge is -2.37. The number of aliphatic hydroxyl groups is 1. The first-order valence-corrected chi connectivity index (χ1v) is 4.94. The third-order valence-electron chi connectivity index (χ3n) is 2.75. The summed E-state index contributed by atoms with van der Waals surface area (Å²) >= 11 is 0. The molecule has 0 aromatic heterocycles. The first-order chi connectivity index (χ1) is 7.47. The van der Waals surface area contributed by atoms with Crippen molar-refractivity contribution >= 4 is 5.91 Å². The average Bonchev–Trinajstić information content (AvgIpc) is 2.15. The first kappa shape index (κ1) is 14.1. The molecule has 0 radical (unpaired) electrons. The van der Waals surface area contributed by atoms with E-state index in [4.69, 9.17) is 0 Å². The van der Waals surface area contributed by atoms with E-state index < -0.39 is 23.6 Å². The minimum absolute atomic E-state index is 0.0212. The molecule has 0 aromatic rings. The molecular weight excluding hydrogens is 249 g/mol. The van der Waals surface area contributed by atoms with Crippen molar-refractivity contribution in [3.05, 3.63) is 0 Å². The molecule has 1 heterocycles. The van der Waals surface area contributed by atoms with Gasteiger partial charge in [0.25, 0.3) is 0 Å². The van der Waals surface area contributed by atoms with Crippen molar-refractivity contribution in [1.82, 2.24) is 4.90 Å². The van der Waals surface area contributed by atoms with Gasteiger partial charge in [-0.1, -0.05) is 0 Å². The van der Waals surface area contributed by atoms with Gasteiger partial charge in [-0.15, -0.1) is 0 Å². The van der Waals surface area contributed by atoms with Crippen molar-refractivity contribution in [2.75, 3.05) is 13.1 Å². The average molecular weight is 261 g/mol. The SMILES string of the molecule is CC1(O)CCN(C(=O)C(F)(F)C(F)(F)F)CC1. The maximum Gasteiger partial charge on any atom is 0.463 e. The lowest BCUT2D eigenvalue weighted by molar-refractivity contribution is -0.275. The molecule has 1 aliphatic heterocycles. The number of likely N-dealkylation sites (tertiary alicyclic amines) is 1. The second kappa shape index (κ2) is 4.08. The maximum atomic E-state index is 12.7. The summed E-state index contributed by atoms with van der Waals surface area (Å²) in [6.07, 6.45) is -5.93. The van der Waals surface area contributed by atoms with E-state index in [9.17, 15) is 31.9 Å². The Bertz CT molecular complexity index is 303. The van der Waals surface area contributed by atoms with Crippen LogP contribution < -0.4 is 0 Å². The quantitative estimate of drug-likeness (QED) is 0.728. The molecule has 1 rings (SSSR count). The molecule has 1 aliphatic rings. The summed E-state index contributed by atoms with van der Waals surface area (Å²) in [5, 5.41) is 9.49. The van der Waals surface area contributed by atoms with Gasteiger partial charge in [0.05, 0.1) is 5.60 Å². The highest BCUT2D eigenvalue weighted by Gasteiger charge is 2.64. The Kier molecular flexibility index (Phi) is 3.39. The first-order valence-electron chi connectivity index (χ1n) is 4.94. The molecule has 0 saturated carbocycles. The van der Waals surface area contributed by atoms with Crippen LogP contribution in [-0.4, -0.2) is 46.7 Å². The number of nitrogens with zero attached hydrogens (tertiary/aromatic N) is 1. The summed E-state index contributed by atoms with van der Waals surface area (Å²) < 4.78 is 61.3. The van der Waals surface area contributed by atoms with Crippen LogP contribution in [0.1, 0.15) is 19.8 Å². The van der Waals surface area contributed by atoms with Crippen molar-refractivity contribution in [3.8, 4) is 0 Å². The van der Waals surface area contributed by atoms with Gasteiger partial charge in [-0.25, -0.2) is 0 Å². The van der Waals surface area contributed by atoms with Gasteiger partial charge in [-0.05, 0) is 19.8 Å². The Morgan fingerprint density at radius 2 is 1.59 bits per heavy atom. The van der Waals surface area contributed by atoms with Crippen LogP contribution in [0.5, 0.6) is 0 Å². The summed E-state index contributed by atoms with van der Waals surface area (Å²) in [6, 6.07) is 0. The van der Waals surface area contributed by atoms with E-state index >= 15 is 0 Å². The number of rotatable bonds is 1. The molecule has 0 aromatic carbocycles. The summed E-state index contributed by atoms with van der Waals surface area (Å²) in [4.78, 5) is 11.5. The Hall–Kier alpha value is -0.920. The van der Waals surface area contributed by atoms with E-state index in [-0.39, 0.29) is 25.9 Å². The number of hydrogen-bond acceptors (Lipinski definition) is 2. The molecule has 3 nitrogen and oxygen atoms in total. The lowest BCUT2D eigenvalue weighted by Crippen LogP contribution is -2.55. The number of carbonyl (C=O) groups is 1. The van der Waals surface area contributed by atoms with Crippen LogP contribution in [0.3, 0.4) is 0 Å². The molecule has 0 unspecified atom stereocenters. The zero-order chi connectivity index (χ0) is 13.5. The van der Waals surface area contributed by atoms with Crippen molar-refractivity contribution < 1.29 is 31.9 Å². The van der Waals surface area contributed by atoms with Crippen LogP contribution in [0.4, 0.5) is 22.0 Å². The molecule has 8 heteroatoms. The van der Waals surface area contributed by atoms with Gasteiger partial charge in [0, 0.05) is 13.1 Å². The zero-order valence-electron chi connectivity index (χ0n) is 9.02. The normalized spacial score (nSPS) is 21.5. The maximum absolute atomic E-state index is 12.7. The molecule has 1 saturated heterocycles. The number of amides is 1. The van der Waals surface area contributed by atoms with Crippen molar-refractivity contribution in [1.29, 1.82) is 0 Å². The minimum atomic E-state index is -5.88. The monoisotopic (exact) mass is 261 g/mol. The Labute approximate surface area is 94.2 Å². The van der Waals surface area contributed by atoms with Crippen LogP contribution in [0.2, 0.25) is 0 Å². The van der Waals surface area contributed by atoms with E-state index in [1.54, 1.807) is 0 Å². The van der Waals surface area contributed by atoms with Crippen LogP contribution >= 0.6 is 0 Å². The molecule has 1 amide bonds. The fourth-order valence-electron chi connectivity index (χ4n) is 1.51. The van der Waals surface area contributed by atoms with Crippen molar-refractivity contribution in [2.24, 2.45) is 0 Å². The van der Waals surface area contributed by atoms with E-state index in [0.29, 0.717) is 4.90 Å². The molecule has 1 N–H and O–H groups in total. The molecule has 0 spiro atoms. The molecule has 0 bridgehead atoms. The van der Waals surface area contributed by atoms with Crippen LogP contribution in [0.25, 0.3) is 0 Å².